The molecule has 8 heteroatoms. The fourth-order valence-electron chi connectivity index (χ4n) is 2.11. The highest BCUT2D eigenvalue weighted by Gasteiger charge is 2.32. The number of rotatable bonds is 9. The second kappa shape index (κ2) is 7.97. The van der Waals surface area contributed by atoms with Gasteiger partial charge in [-0.1, -0.05) is 13.8 Å². The van der Waals surface area contributed by atoms with Crippen LogP contribution in [0.1, 0.15) is 32.3 Å². The lowest BCUT2D eigenvalue weighted by molar-refractivity contribution is 0.163. The van der Waals surface area contributed by atoms with Crippen LogP contribution in [0.2, 0.25) is 0 Å². The van der Waals surface area contributed by atoms with E-state index in [1.54, 1.807) is 7.11 Å². The SMILES string of the molecule is CCC(CC)N(CCOC)S(=O)(=O)c1[nH]ncc1CCl. The quantitative estimate of drug-likeness (QED) is 0.705. The Balaban J connectivity index is 3.16. The first-order valence-corrected chi connectivity index (χ1v) is 8.59. The van der Waals surface area contributed by atoms with E-state index in [0.717, 1.165) is 12.8 Å². The average Bonchev–Trinajstić information content (AvgIpc) is 2.92. The number of hydrogen-bond donors (Lipinski definition) is 1. The van der Waals surface area contributed by atoms with Crippen molar-refractivity contribution >= 4 is 21.6 Å². The number of aromatic nitrogens is 2. The molecule has 0 atom stereocenters. The van der Waals surface area contributed by atoms with Crippen LogP contribution in [0.3, 0.4) is 0 Å². The molecule has 0 bridgehead atoms. The lowest BCUT2D eigenvalue weighted by atomic mass is 10.2. The van der Waals surface area contributed by atoms with Gasteiger partial charge in [-0.15, -0.1) is 11.6 Å². The largest absolute Gasteiger partial charge is 0.383 e. The number of H-pyrrole nitrogens is 1. The predicted octanol–water partition coefficient (Wildman–Crippen LogP) is 1.97. The Morgan fingerprint density at radius 3 is 2.60 bits per heavy atom. The van der Waals surface area contributed by atoms with Gasteiger partial charge in [-0.25, -0.2) is 8.42 Å². The summed E-state index contributed by atoms with van der Waals surface area (Å²) in [7, 11) is -2.09. The Morgan fingerprint density at radius 1 is 1.45 bits per heavy atom. The fraction of sp³-hybridized carbons (Fsp3) is 0.750. The van der Waals surface area contributed by atoms with Crippen molar-refractivity contribution < 1.29 is 13.2 Å². The van der Waals surface area contributed by atoms with Gasteiger partial charge in [0.15, 0.2) is 5.03 Å². The molecule has 1 N–H and O–H groups in total. The fourth-order valence-corrected chi connectivity index (χ4v) is 4.26. The number of aromatic amines is 1. The van der Waals surface area contributed by atoms with Gasteiger partial charge < -0.3 is 4.74 Å². The Labute approximate surface area is 125 Å². The zero-order valence-electron chi connectivity index (χ0n) is 12.1. The maximum atomic E-state index is 12.8. The second-order valence-corrected chi connectivity index (χ2v) is 6.53. The number of alkyl halides is 1. The molecule has 0 saturated heterocycles. The molecule has 1 aromatic rings. The van der Waals surface area contributed by atoms with Crippen molar-refractivity contribution in [2.75, 3.05) is 20.3 Å². The van der Waals surface area contributed by atoms with Crippen LogP contribution in [0, 0.1) is 0 Å². The van der Waals surface area contributed by atoms with Crippen molar-refractivity contribution in [3.05, 3.63) is 11.8 Å². The molecule has 0 amide bonds. The van der Waals surface area contributed by atoms with Gasteiger partial charge in [-0.3, -0.25) is 5.10 Å². The third-order valence-electron chi connectivity index (χ3n) is 3.25. The summed E-state index contributed by atoms with van der Waals surface area (Å²) in [5.41, 5.74) is 0.486. The minimum Gasteiger partial charge on any atom is -0.383 e. The number of ether oxygens (including phenoxy) is 1. The summed E-state index contributed by atoms with van der Waals surface area (Å²) in [5.74, 6) is 0.103. The van der Waals surface area contributed by atoms with Gasteiger partial charge in [0.25, 0.3) is 10.0 Å². The Kier molecular flexibility index (Phi) is 6.94. The Hall–Kier alpha value is -0.630. The highest BCUT2D eigenvalue weighted by molar-refractivity contribution is 7.89. The van der Waals surface area contributed by atoms with Crippen LogP contribution in [0.25, 0.3) is 0 Å². The average molecular weight is 324 g/mol. The van der Waals surface area contributed by atoms with E-state index < -0.39 is 10.0 Å². The predicted molar refractivity (Wildman–Crippen MR) is 78.3 cm³/mol. The maximum absolute atomic E-state index is 12.8. The van der Waals surface area contributed by atoms with Gasteiger partial charge in [-0.05, 0) is 12.8 Å². The normalized spacial score (nSPS) is 12.5. The van der Waals surface area contributed by atoms with E-state index in [4.69, 9.17) is 16.3 Å². The van der Waals surface area contributed by atoms with Crippen molar-refractivity contribution in [3.63, 3.8) is 0 Å². The van der Waals surface area contributed by atoms with Gasteiger partial charge in [0.2, 0.25) is 0 Å². The highest BCUT2D eigenvalue weighted by Crippen LogP contribution is 2.23. The molecule has 0 aromatic carbocycles. The van der Waals surface area contributed by atoms with Crippen molar-refractivity contribution in [3.8, 4) is 0 Å². The van der Waals surface area contributed by atoms with Gasteiger partial charge in [0, 0.05) is 25.3 Å². The van der Waals surface area contributed by atoms with Crippen LogP contribution in [-0.2, 0) is 20.6 Å². The van der Waals surface area contributed by atoms with E-state index in [0.29, 0.717) is 18.7 Å². The molecule has 0 unspecified atom stereocenters. The van der Waals surface area contributed by atoms with Crippen LogP contribution in [-0.4, -0.2) is 49.2 Å². The van der Waals surface area contributed by atoms with Crippen LogP contribution in [0.5, 0.6) is 0 Å². The van der Waals surface area contributed by atoms with Crippen LogP contribution in [0.15, 0.2) is 11.2 Å². The molecular formula is C12H22ClN3O3S. The minimum atomic E-state index is -3.65. The maximum Gasteiger partial charge on any atom is 0.260 e. The monoisotopic (exact) mass is 323 g/mol. The van der Waals surface area contributed by atoms with Gasteiger partial charge in [-0.2, -0.15) is 9.40 Å². The molecule has 0 fully saturated rings. The number of nitrogens with one attached hydrogen (secondary N) is 1. The third-order valence-corrected chi connectivity index (χ3v) is 5.51. The molecule has 1 heterocycles. The molecule has 20 heavy (non-hydrogen) atoms. The molecule has 0 spiro atoms. The van der Waals surface area contributed by atoms with Crippen LogP contribution in [0.4, 0.5) is 0 Å². The second-order valence-electron chi connectivity index (χ2n) is 4.44. The van der Waals surface area contributed by atoms with E-state index >= 15 is 0 Å². The standard InChI is InChI=1S/C12H22ClN3O3S/c1-4-11(5-2)16(6-7-19-3)20(17,18)12-10(8-13)9-14-15-12/h9,11H,4-8H2,1-3H3,(H,14,15). The van der Waals surface area contributed by atoms with Crippen molar-refractivity contribution in [2.45, 2.75) is 43.6 Å². The van der Waals surface area contributed by atoms with E-state index in [-0.39, 0.29) is 16.9 Å². The minimum absolute atomic E-state index is 0.0679. The molecule has 116 valence electrons. The van der Waals surface area contributed by atoms with Crippen molar-refractivity contribution in [2.24, 2.45) is 0 Å². The van der Waals surface area contributed by atoms with Crippen molar-refractivity contribution in [1.82, 2.24) is 14.5 Å². The van der Waals surface area contributed by atoms with E-state index in [9.17, 15) is 8.42 Å². The Morgan fingerprint density at radius 2 is 2.10 bits per heavy atom. The zero-order valence-corrected chi connectivity index (χ0v) is 13.7. The van der Waals surface area contributed by atoms with Crippen LogP contribution < -0.4 is 0 Å². The number of halogens is 1. The summed E-state index contributed by atoms with van der Waals surface area (Å²) in [4.78, 5) is 0. The molecule has 1 aromatic heterocycles. The number of sulfonamides is 1. The molecular weight excluding hydrogens is 302 g/mol. The number of nitrogens with zero attached hydrogens (tertiary/aromatic N) is 2. The van der Waals surface area contributed by atoms with E-state index in [1.807, 2.05) is 13.8 Å². The molecule has 0 saturated carbocycles. The summed E-state index contributed by atoms with van der Waals surface area (Å²) in [6.07, 6.45) is 2.93. The van der Waals surface area contributed by atoms with Gasteiger partial charge in [0.05, 0.1) is 18.7 Å². The first-order chi connectivity index (χ1) is 9.52. The summed E-state index contributed by atoms with van der Waals surface area (Å²) in [6, 6.07) is -0.0679. The first-order valence-electron chi connectivity index (χ1n) is 6.61. The number of methoxy groups -OCH3 is 1. The van der Waals surface area contributed by atoms with E-state index in [1.165, 1.54) is 10.5 Å². The topological polar surface area (TPSA) is 75.3 Å². The molecule has 0 aliphatic rings. The first kappa shape index (κ1) is 17.4. The molecule has 0 aliphatic carbocycles. The summed E-state index contributed by atoms with van der Waals surface area (Å²) in [6.45, 7) is 4.60. The third kappa shape index (κ3) is 3.72. The van der Waals surface area contributed by atoms with Gasteiger partial charge >= 0.3 is 0 Å². The zero-order chi connectivity index (χ0) is 15.2. The molecule has 0 aliphatic heterocycles. The Bertz CT molecular complexity index is 500. The highest BCUT2D eigenvalue weighted by atomic mass is 35.5. The molecule has 6 nitrogen and oxygen atoms in total. The van der Waals surface area contributed by atoms with Gasteiger partial charge in [0.1, 0.15) is 0 Å². The summed E-state index contributed by atoms with van der Waals surface area (Å²) in [5, 5.41) is 6.42. The van der Waals surface area contributed by atoms with Crippen molar-refractivity contribution in [1.29, 1.82) is 0 Å². The lowest BCUT2D eigenvalue weighted by Gasteiger charge is -2.29. The summed E-state index contributed by atoms with van der Waals surface area (Å²) >= 11 is 5.77. The van der Waals surface area contributed by atoms with E-state index in [2.05, 4.69) is 10.2 Å². The van der Waals surface area contributed by atoms with Crippen LogP contribution >= 0.6 is 11.6 Å². The lowest BCUT2D eigenvalue weighted by Crippen LogP contribution is -2.42. The molecule has 0 radical (unpaired) electrons. The summed E-state index contributed by atoms with van der Waals surface area (Å²) < 4.78 is 32.1. The molecule has 1 rings (SSSR count). The number of hydrogen-bond acceptors (Lipinski definition) is 4. The smallest absolute Gasteiger partial charge is 0.260 e.